The van der Waals surface area contributed by atoms with Crippen molar-refractivity contribution in [2.24, 2.45) is 0 Å². The zero-order chi connectivity index (χ0) is 14.7. The van der Waals surface area contributed by atoms with Gasteiger partial charge in [-0.05, 0) is 13.3 Å². The minimum atomic E-state index is -3.44. The zero-order valence-electron chi connectivity index (χ0n) is 11.2. The van der Waals surface area contributed by atoms with Gasteiger partial charge >= 0.3 is 0 Å². The van der Waals surface area contributed by atoms with Gasteiger partial charge in [0.1, 0.15) is 0 Å². The van der Waals surface area contributed by atoms with Crippen LogP contribution in [-0.4, -0.2) is 54.6 Å². The van der Waals surface area contributed by atoms with Crippen LogP contribution in [0.15, 0.2) is 11.6 Å². The Morgan fingerprint density at radius 2 is 2.00 bits per heavy atom. The fraction of sp³-hybridized carbons (Fsp3) is 0.800. The third kappa shape index (κ3) is 7.02. The second kappa shape index (κ2) is 6.31. The zero-order valence-corrected chi connectivity index (χ0v) is 12.8. The molecule has 0 aromatic carbocycles. The van der Waals surface area contributed by atoms with Gasteiger partial charge in [-0.2, -0.15) is 8.42 Å². The van der Waals surface area contributed by atoms with E-state index in [4.69, 9.17) is 4.18 Å². The lowest BCUT2D eigenvalue weighted by Gasteiger charge is -2.11. The van der Waals surface area contributed by atoms with Crippen LogP contribution in [-0.2, 0) is 24.3 Å². The second-order valence-electron chi connectivity index (χ2n) is 4.69. The third-order valence-electron chi connectivity index (χ3n) is 2.72. The van der Waals surface area contributed by atoms with E-state index < -0.39 is 20.1 Å². The molecule has 1 aliphatic heterocycles. The Labute approximate surface area is 114 Å². The van der Waals surface area contributed by atoms with Gasteiger partial charge in [-0.1, -0.05) is 11.6 Å². The molecule has 0 aromatic rings. The molecule has 0 aliphatic carbocycles. The van der Waals surface area contributed by atoms with Crippen molar-refractivity contribution in [2.75, 3.05) is 25.6 Å². The Balaban J connectivity index is 2.48. The van der Waals surface area contributed by atoms with Crippen molar-refractivity contribution in [1.82, 2.24) is 10.0 Å². The van der Waals surface area contributed by atoms with Crippen molar-refractivity contribution >= 4 is 20.1 Å². The highest BCUT2D eigenvalue weighted by Crippen LogP contribution is 2.17. The van der Waals surface area contributed by atoms with Crippen molar-refractivity contribution in [3.8, 4) is 0 Å². The van der Waals surface area contributed by atoms with Crippen LogP contribution in [0.3, 0.4) is 0 Å². The van der Waals surface area contributed by atoms with Crippen LogP contribution in [0.25, 0.3) is 0 Å². The summed E-state index contributed by atoms with van der Waals surface area (Å²) < 4.78 is 51.1. The summed E-state index contributed by atoms with van der Waals surface area (Å²) in [5, 5.41) is 3.14. The first-order valence-corrected chi connectivity index (χ1v) is 9.50. The maximum Gasteiger partial charge on any atom is 0.264 e. The molecule has 0 radical (unpaired) electrons. The lowest BCUT2D eigenvalue weighted by molar-refractivity contribution is 0.230. The van der Waals surface area contributed by atoms with Crippen molar-refractivity contribution in [2.45, 2.75) is 25.5 Å². The Bertz CT molecular complexity index is 538. The van der Waals surface area contributed by atoms with Gasteiger partial charge in [0.15, 0.2) is 0 Å². The van der Waals surface area contributed by atoms with Gasteiger partial charge in [0.25, 0.3) is 10.1 Å². The molecule has 2 unspecified atom stereocenters. The summed E-state index contributed by atoms with van der Waals surface area (Å²) in [7, 11) is -6.64. The Hall–Kier alpha value is -0.480. The first kappa shape index (κ1) is 16.6. The third-order valence-corrected chi connectivity index (χ3v) is 4.03. The number of nitrogens with one attached hydrogen (secondary N) is 2. The Kier molecular flexibility index (Phi) is 5.51. The van der Waals surface area contributed by atoms with Gasteiger partial charge in [-0.3, -0.25) is 4.18 Å². The molecule has 9 heteroatoms. The molecule has 0 spiro atoms. The molecule has 19 heavy (non-hydrogen) atoms. The van der Waals surface area contributed by atoms with E-state index in [0.717, 1.165) is 18.1 Å². The van der Waals surface area contributed by atoms with E-state index in [-0.39, 0.29) is 18.7 Å². The normalized spacial score (nSPS) is 25.7. The minimum Gasteiger partial charge on any atom is -0.308 e. The maximum absolute atomic E-state index is 11.0. The molecule has 1 heterocycles. The van der Waals surface area contributed by atoms with E-state index in [1.165, 1.54) is 0 Å². The molecular formula is C10H20N2O5S2. The number of hydrogen-bond acceptors (Lipinski definition) is 6. The summed E-state index contributed by atoms with van der Waals surface area (Å²) in [6.07, 6.45) is 4.07. The molecule has 0 amide bonds. The van der Waals surface area contributed by atoms with Crippen molar-refractivity contribution in [3.63, 3.8) is 0 Å². The van der Waals surface area contributed by atoms with Crippen molar-refractivity contribution in [3.05, 3.63) is 11.6 Å². The van der Waals surface area contributed by atoms with E-state index in [1.807, 2.05) is 6.92 Å². The highest BCUT2D eigenvalue weighted by molar-refractivity contribution is 7.88. The highest BCUT2D eigenvalue weighted by Gasteiger charge is 2.28. The van der Waals surface area contributed by atoms with Gasteiger partial charge < -0.3 is 5.32 Å². The van der Waals surface area contributed by atoms with Crippen LogP contribution in [0, 0.1) is 0 Å². The summed E-state index contributed by atoms with van der Waals surface area (Å²) in [6, 6.07) is 0.00751. The van der Waals surface area contributed by atoms with Gasteiger partial charge in [-0.15, -0.1) is 0 Å². The fourth-order valence-electron chi connectivity index (χ4n) is 1.87. The molecule has 7 nitrogen and oxygen atoms in total. The summed E-state index contributed by atoms with van der Waals surface area (Å²) in [5.41, 5.74) is 0.954. The largest absolute Gasteiger partial charge is 0.308 e. The molecule has 2 N–H and O–H groups in total. The molecule has 1 saturated heterocycles. The van der Waals surface area contributed by atoms with E-state index in [2.05, 4.69) is 10.0 Å². The number of hydrogen-bond donors (Lipinski definition) is 2. The summed E-state index contributed by atoms with van der Waals surface area (Å²) in [6.45, 7) is 2.55. The molecule has 2 atom stereocenters. The Morgan fingerprint density at radius 3 is 2.53 bits per heavy atom. The van der Waals surface area contributed by atoms with Crippen LogP contribution < -0.4 is 10.0 Å². The lowest BCUT2D eigenvalue weighted by Crippen LogP contribution is -2.25. The van der Waals surface area contributed by atoms with Crippen LogP contribution in [0.1, 0.15) is 13.3 Å². The first-order valence-electron chi connectivity index (χ1n) is 5.80. The van der Waals surface area contributed by atoms with Gasteiger partial charge in [0, 0.05) is 19.1 Å². The lowest BCUT2D eigenvalue weighted by atomic mass is 10.1. The molecule has 1 fully saturated rings. The van der Waals surface area contributed by atoms with Gasteiger partial charge in [-0.25, -0.2) is 13.1 Å². The fourth-order valence-corrected chi connectivity index (χ4v) is 2.89. The summed E-state index contributed by atoms with van der Waals surface area (Å²) in [5.74, 6) is 0. The first-order chi connectivity index (χ1) is 8.57. The molecule has 112 valence electrons. The standard InChI is InChI=1S/C10H20N2O5S2/c1-8(4-5-12-18(2,13)14)10-6-9(7-11-10)17-19(3,15)16/h4,9-12H,5-7H2,1-3H3/b8-4-. The molecule has 1 aliphatic rings. The monoisotopic (exact) mass is 312 g/mol. The van der Waals surface area contributed by atoms with E-state index in [9.17, 15) is 16.8 Å². The average Bonchev–Trinajstić information content (AvgIpc) is 2.61. The van der Waals surface area contributed by atoms with E-state index >= 15 is 0 Å². The predicted octanol–water partition coefficient (Wildman–Crippen LogP) is -0.811. The average molecular weight is 312 g/mol. The maximum atomic E-state index is 11.0. The quantitative estimate of drug-likeness (QED) is 0.491. The molecule has 0 aromatic heterocycles. The molecule has 1 rings (SSSR count). The minimum absolute atomic E-state index is 0.00751. The van der Waals surface area contributed by atoms with E-state index in [1.54, 1.807) is 6.08 Å². The van der Waals surface area contributed by atoms with Crippen molar-refractivity contribution in [1.29, 1.82) is 0 Å². The van der Waals surface area contributed by atoms with Crippen LogP contribution in [0.5, 0.6) is 0 Å². The summed E-state index contributed by atoms with van der Waals surface area (Å²) >= 11 is 0. The van der Waals surface area contributed by atoms with E-state index in [0.29, 0.717) is 13.0 Å². The van der Waals surface area contributed by atoms with Crippen molar-refractivity contribution < 1.29 is 21.0 Å². The van der Waals surface area contributed by atoms with Gasteiger partial charge in [0.2, 0.25) is 10.0 Å². The number of rotatable bonds is 6. The SMILES string of the molecule is C/C(=C/CNS(C)(=O)=O)C1CC(OS(C)(=O)=O)CN1. The smallest absolute Gasteiger partial charge is 0.264 e. The van der Waals surface area contributed by atoms with Crippen LogP contribution in [0.4, 0.5) is 0 Å². The predicted molar refractivity (Wildman–Crippen MR) is 72.7 cm³/mol. The molecule has 0 bridgehead atoms. The van der Waals surface area contributed by atoms with Gasteiger partial charge in [0.05, 0.1) is 18.6 Å². The Morgan fingerprint density at radius 1 is 1.37 bits per heavy atom. The highest BCUT2D eigenvalue weighted by atomic mass is 32.2. The van der Waals surface area contributed by atoms with Crippen LogP contribution >= 0.6 is 0 Å². The second-order valence-corrected chi connectivity index (χ2v) is 8.12. The topological polar surface area (TPSA) is 102 Å². The number of sulfonamides is 1. The molecular weight excluding hydrogens is 292 g/mol. The molecule has 0 saturated carbocycles. The van der Waals surface area contributed by atoms with Crippen LogP contribution in [0.2, 0.25) is 0 Å². The summed E-state index contributed by atoms with van der Waals surface area (Å²) in [4.78, 5) is 0.